The monoisotopic (exact) mass is 275 g/mol. The van der Waals surface area contributed by atoms with Crippen molar-refractivity contribution in [2.24, 2.45) is 0 Å². The van der Waals surface area contributed by atoms with Gasteiger partial charge in [0.25, 0.3) is 5.91 Å². The third kappa shape index (κ3) is 2.03. The number of hydrogen-bond acceptors (Lipinski definition) is 2. The van der Waals surface area contributed by atoms with Crippen LogP contribution < -0.4 is 5.32 Å². The average molecular weight is 275 g/mol. The van der Waals surface area contributed by atoms with Gasteiger partial charge in [-0.15, -0.1) is 0 Å². The first-order chi connectivity index (χ1) is 10.3. The van der Waals surface area contributed by atoms with Gasteiger partial charge in [-0.3, -0.25) is 4.79 Å². The third-order valence-corrected chi connectivity index (χ3v) is 3.83. The molecule has 0 saturated heterocycles. The number of fused-ring (bicyclic) bond motifs is 3. The van der Waals surface area contributed by atoms with Crippen LogP contribution in [0.1, 0.15) is 21.5 Å². The number of rotatable bonds is 2. The van der Waals surface area contributed by atoms with E-state index in [1.54, 1.807) is 6.07 Å². The van der Waals surface area contributed by atoms with Gasteiger partial charge >= 0.3 is 0 Å². The summed E-state index contributed by atoms with van der Waals surface area (Å²) >= 11 is 0. The molecule has 0 atom stereocenters. The van der Waals surface area contributed by atoms with Gasteiger partial charge in [-0.25, -0.2) is 0 Å². The Labute approximate surface area is 122 Å². The van der Waals surface area contributed by atoms with Crippen LogP contribution in [0, 0.1) is 0 Å². The molecule has 3 heteroatoms. The fraction of sp³-hybridized carbons (Fsp3) is 0.0556. The Morgan fingerprint density at radius 2 is 1.86 bits per heavy atom. The first-order valence-electron chi connectivity index (χ1n) is 6.86. The van der Waals surface area contributed by atoms with E-state index in [-0.39, 0.29) is 5.91 Å². The molecule has 1 aliphatic rings. The molecule has 3 aromatic rings. The molecule has 1 heterocycles. The van der Waals surface area contributed by atoms with Gasteiger partial charge in [0, 0.05) is 5.69 Å². The van der Waals surface area contributed by atoms with Crippen LogP contribution in [0.5, 0.6) is 0 Å². The number of hydrogen-bond donors (Lipinski definition) is 1. The Balaban J connectivity index is 1.63. The third-order valence-electron chi connectivity index (χ3n) is 3.83. The quantitative estimate of drug-likeness (QED) is 0.598. The fourth-order valence-electron chi connectivity index (χ4n) is 2.82. The van der Waals surface area contributed by atoms with E-state index in [1.165, 1.54) is 34.8 Å². The SMILES string of the molecule is O=C(Nc1ccc2c(c1)Cc1ccccc1-2)c1ccoc1. The van der Waals surface area contributed by atoms with Gasteiger partial charge in [0.2, 0.25) is 0 Å². The van der Waals surface area contributed by atoms with Crippen LogP contribution in [-0.2, 0) is 6.42 Å². The van der Waals surface area contributed by atoms with Gasteiger partial charge < -0.3 is 9.73 Å². The average Bonchev–Trinajstić information content (AvgIpc) is 3.14. The molecular weight excluding hydrogens is 262 g/mol. The van der Waals surface area contributed by atoms with E-state index in [9.17, 15) is 4.79 Å². The van der Waals surface area contributed by atoms with Crippen LogP contribution >= 0.6 is 0 Å². The molecule has 0 fully saturated rings. The predicted octanol–water partition coefficient (Wildman–Crippen LogP) is 4.10. The minimum atomic E-state index is -0.154. The molecule has 0 radical (unpaired) electrons. The molecule has 0 saturated carbocycles. The maximum Gasteiger partial charge on any atom is 0.258 e. The summed E-state index contributed by atoms with van der Waals surface area (Å²) in [7, 11) is 0. The maximum absolute atomic E-state index is 12.0. The lowest BCUT2D eigenvalue weighted by Crippen LogP contribution is -2.10. The van der Waals surface area contributed by atoms with E-state index < -0.39 is 0 Å². The highest BCUT2D eigenvalue weighted by atomic mass is 16.3. The standard InChI is InChI=1S/C18H13NO2/c20-18(13-7-8-21-11-13)19-15-5-6-17-14(10-15)9-12-3-1-2-4-16(12)17/h1-8,10-11H,9H2,(H,19,20). The Hall–Kier alpha value is -2.81. The van der Waals surface area contributed by atoms with Crippen LogP contribution in [-0.4, -0.2) is 5.91 Å². The zero-order valence-corrected chi connectivity index (χ0v) is 11.3. The molecular formula is C18H13NO2. The molecule has 1 amide bonds. The minimum Gasteiger partial charge on any atom is -0.472 e. The second-order valence-corrected chi connectivity index (χ2v) is 5.17. The molecule has 0 spiro atoms. The van der Waals surface area contributed by atoms with Crippen LogP contribution in [0.4, 0.5) is 5.69 Å². The van der Waals surface area contributed by atoms with E-state index >= 15 is 0 Å². The highest BCUT2D eigenvalue weighted by molar-refractivity contribution is 6.04. The van der Waals surface area contributed by atoms with E-state index in [2.05, 4.69) is 35.6 Å². The normalized spacial score (nSPS) is 11.8. The van der Waals surface area contributed by atoms with Gasteiger partial charge in [0.15, 0.2) is 0 Å². The summed E-state index contributed by atoms with van der Waals surface area (Å²) in [4.78, 5) is 12.0. The van der Waals surface area contributed by atoms with Crippen LogP contribution in [0.2, 0.25) is 0 Å². The van der Waals surface area contributed by atoms with Gasteiger partial charge in [-0.1, -0.05) is 30.3 Å². The molecule has 21 heavy (non-hydrogen) atoms. The second-order valence-electron chi connectivity index (χ2n) is 5.17. The van der Waals surface area contributed by atoms with Crippen molar-refractivity contribution >= 4 is 11.6 Å². The first kappa shape index (κ1) is 12.0. The van der Waals surface area contributed by atoms with Crippen molar-refractivity contribution in [3.05, 3.63) is 77.7 Å². The predicted molar refractivity (Wildman–Crippen MR) is 81.3 cm³/mol. The van der Waals surface area contributed by atoms with Crippen molar-refractivity contribution in [3.8, 4) is 11.1 Å². The maximum atomic E-state index is 12.0. The van der Waals surface area contributed by atoms with Crippen molar-refractivity contribution in [1.82, 2.24) is 0 Å². The smallest absolute Gasteiger partial charge is 0.258 e. The van der Waals surface area contributed by atoms with Crippen LogP contribution in [0.3, 0.4) is 0 Å². The molecule has 0 bridgehead atoms. The summed E-state index contributed by atoms with van der Waals surface area (Å²) in [5.74, 6) is -0.154. The number of carbonyl (C=O) groups excluding carboxylic acids is 1. The second kappa shape index (κ2) is 4.63. The van der Waals surface area contributed by atoms with Crippen molar-refractivity contribution < 1.29 is 9.21 Å². The van der Waals surface area contributed by atoms with Crippen molar-refractivity contribution in [3.63, 3.8) is 0 Å². The van der Waals surface area contributed by atoms with E-state index in [0.717, 1.165) is 12.1 Å². The lowest BCUT2D eigenvalue weighted by molar-refractivity contribution is 0.102. The molecule has 4 rings (SSSR count). The summed E-state index contributed by atoms with van der Waals surface area (Å²) in [5.41, 5.74) is 6.48. The number of benzene rings is 2. The highest BCUT2D eigenvalue weighted by Gasteiger charge is 2.18. The summed E-state index contributed by atoms with van der Waals surface area (Å²) in [6.45, 7) is 0. The molecule has 0 aliphatic heterocycles. The largest absolute Gasteiger partial charge is 0.472 e. The number of nitrogens with one attached hydrogen (secondary N) is 1. The van der Waals surface area contributed by atoms with E-state index in [1.807, 2.05) is 12.1 Å². The molecule has 1 N–H and O–H groups in total. The zero-order valence-electron chi connectivity index (χ0n) is 11.3. The minimum absolute atomic E-state index is 0.154. The van der Waals surface area contributed by atoms with Gasteiger partial charge in [-0.2, -0.15) is 0 Å². The van der Waals surface area contributed by atoms with Gasteiger partial charge in [0.05, 0.1) is 11.8 Å². The van der Waals surface area contributed by atoms with Crippen LogP contribution in [0.15, 0.2) is 65.5 Å². The number of amides is 1. The van der Waals surface area contributed by atoms with Crippen LogP contribution in [0.25, 0.3) is 11.1 Å². The molecule has 1 aromatic heterocycles. The Bertz CT molecular complexity index is 819. The molecule has 3 nitrogen and oxygen atoms in total. The van der Waals surface area contributed by atoms with E-state index in [4.69, 9.17) is 4.42 Å². The Morgan fingerprint density at radius 3 is 2.71 bits per heavy atom. The van der Waals surface area contributed by atoms with Crippen molar-refractivity contribution in [2.75, 3.05) is 5.32 Å². The summed E-state index contributed by atoms with van der Waals surface area (Å²) in [6, 6.07) is 16.1. The summed E-state index contributed by atoms with van der Waals surface area (Å²) in [6.07, 6.45) is 3.85. The molecule has 102 valence electrons. The lowest BCUT2D eigenvalue weighted by atomic mass is 10.1. The molecule has 1 aliphatic carbocycles. The number of furan rings is 1. The van der Waals surface area contributed by atoms with Gasteiger partial charge in [0.1, 0.15) is 6.26 Å². The summed E-state index contributed by atoms with van der Waals surface area (Å²) < 4.78 is 4.93. The number of anilines is 1. The van der Waals surface area contributed by atoms with Gasteiger partial charge in [-0.05, 0) is 46.9 Å². The summed E-state index contributed by atoms with van der Waals surface area (Å²) in [5, 5.41) is 2.90. The number of carbonyl (C=O) groups is 1. The molecule has 0 unspecified atom stereocenters. The molecule has 2 aromatic carbocycles. The van der Waals surface area contributed by atoms with Crippen molar-refractivity contribution in [1.29, 1.82) is 0 Å². The van der Waals surface area contributed by atoms with Crippen molar-refractivity contribution in [2.45, 2.75) is 6.42 Å². The lowest BCUT2D eigenvalue weighted by Gasteiger charge is -2.06. The zero-order chi connectivity index (χ0) is 14.2. The first-order valence-corrected chi connectivity index (χ1v) is 6.86. The fourth-order valence-corrected chi connectivity index (χ4v) is 2.82. The topological polar surface area (TPSA) is 42.2 Å². The van der Waals surface area contributed by atoms with E-state index in [0.29, 0.717) is 5.56 Å². The Morgan fingerprint density at radius 1 is 1.00 bits per heavy atom. The Kier molecular flexibility index (Phi) is 2.64. The highest BCUT2D eigenvalue weighted by Crippen LogP contribution is 2.37.